The Bertz CT molecular complexity index is 1470. The molecular weight excluding hydrogens is 514 g/mol. The molecule has 0 atom stereocenters. The molecule has 0 unspecified atom stereocenters. The van der Waals surface area contributed by atoms with Crippen molar-refractivity contribution in [1.82, 2.24) is 19.2 Å². The number of hydrogen-bond acceptors (Lipinski definition) is 7. The quantitative estimate of drug-likeness (QED) is 0.346. The van der Waals surface area contributed by atoms with Crippen molar-refractivity contribution in [2.24, 2.45) is 0 Å². The lowest BCUT2D eigenvalue weighted by Gasteiger charge is -2.36. The first-order valence-corrected chi connectivity index (χ1v) is 14.5. The number of carbonyl (C=O) groups is 1. The molecule has 4 heterocycles. The van der Waals surface area contributed by atoms with Crippen LogP contribution in [-0.4, -0.2) is 61.6 Å². The smallest absolute Gasteiger partial charge is 0.267 e. The van der Waals surface area contributed by atoms with Crippen LogP contribution in [0.4, 0.5) is 5.82 Å². The number of piperazine rings is 1. The molecule has 0 N–H and O–H groups in total. The van der Waals surface area contributed by atoms with Gasteiger partial charge < -0.3 is 4.90 Å². The summed E-state index contributed by atoms with van der Waals surface area (Å²) in [5.74, 6) is 0.564. The summed E-state index contributed by atoms with van der Waals surface area (Å²) < 4.78 is 2.18. The maximum Gasteiger partial charge on any atom is 0.267 e. The van der Waals surface area contributed by atoms with Gasteiger partial charge in [0.05, 0.1) is 10.5 Å². The van der Waals surface area contributed by atoms with Crippen LogP contribution in [0.2, 0.25) is 0 Å². The summed E-state index contributed by atoms with van der Waals surface area (Å²) in [4.78, 5) is 39.2. The number of nitrogens with zero attached hydrogens (tertiary/aromatic N) is 5. The second kappa shape index (κ2) is 10.6. The molecule has 1 aromatic carbocycles. The van der Waals surface area contributed by atoms with Crippen molar-refractivity contribution < 1.29 is 4.79 Å². The molecule has 196 valence electrons. The second-order valence-electron chi connectivity index (χ2n) is 10.3. The van der Waals surface area contributed by atoms with Gasteiger partial charge in [0, 0.05) is 45.0 Å². The topological polar surface area (TPSA) is 61.2 Å². The minimum Gasteiger partial charge on any atom is -0.353 e. The van der Waals surface area contributed by atoms with E-state index in [4.69, 9.17) is 17.2 Å². The minimum atomic E-state index is -0.161. The van der Waals surface area contributed by atoms with Crippen LogP contribution in [-0.2, 0) is 11.3 Å². The number of anilines is 1. The van der Waals surface area contributed by atoms with E-state index in [1.54, 1.807) is 21.6 Å². The number of amides is 1. The molecule has 2 saturated heterocycles. The minimum absolute atomic E-state index is 0.0840. The van der Waals surface area contributed by atoms with Crippen LogP contribution >= 0.6 is 24.0 Å². The van der Waals surface area contributed by atoms with Gasteiger partial charge >= 0.3 is 0 Å². The Hall–Kier alpha value is -3.01. The zero-order valence-electron chi connectivity index (χ0n) is 21.5. The summed E-state index contributed by atoms with van der Waals surface area (Å²) in [6.07, 6.45) is 7.70. The number of hydrogen-bond donors (Lipinski definition) is 0. The first-order chi connectivity index (χ1) is 18.5. The first kappa shape index (κ1) is 25.3. The van der Waals surface area contributed by atoms with Crippen molar-refractivity contribution in [2.45, 2.75) is 45.2 Å². The number of aromatic nitrogens is 2. The third kappa shape index (κ3) is 4.79. The second-order valence-corrected chi connectivity index (χ2v) is 12.0. The fourth-order valence-corrected chi connectivity index (χ4v) is 7.10. The third-order valence-electron chi connectivity index (χ3n) is 7.77. The zero-order valence-corrected chi connectivity index (χ0v) is 23.1. The van der Waals surface area contributed by atoms with Gasteiger partial charge in [0.2, 0.25) is 0 Å². The molecule has 0 radical (unpaired) electrons. The van der Waals surface area contributed by atoms with Crippen LogP contribution in [0.25, 0.3) is 11.7 Å². The van der Waals surface area contributed by atoms with E-state index in [1.807, 2.05) is 25.1 Å². The summed E-state index contributed by atoms with van der Waals surface area (Å²) in [7, 11) is 0. The molecule has 38 heavy (non-hydrogen) atoms. The van der Waals surface area contributed by atoms with Crippen molar-refractivity contribution in [2.75, 3.05) is 31.1 Å². The van der Waals surface area contributed by atoms with Crippen molar-refractivity contribution in [1.29, 1.82) is 0 Å². The third-order valence-corrected chi connectivity index (χ3v) is 9.10. The molecule has 2 aliphatic heterocycles. The predicted octanol–water partition coefficient (Wildman–Crippen LogP) is 4.47. The maximum atomic E-state index is 13.8. The monoisotopic (exact) mass is 545 g/mol. The Morgan fingerprint density at radius 1 is 1.03 bits per heavy atom. The van der Waals surface area contributed by atoms with E-state index in [2.05, 4.69) is 34.1 Å². The van der Waals surface area contributed by atoms with E-state index in [1.165, 1.54) is 17.3 Å². The molecule has 1 amide bonds. The fourth-order valence-electron chi connectivity index (χ4n) is 5.72. The highest BCUT2D eigenvalue weighted by Gasteiger charge is 2.38. The van der Waals surface area contributed by atoms with Gasteiger partial charge in [-0.2, -0.15) is 0 Å². The Morgan fingerprint density at radius 3 is 2.50 bits per heavy atom. The highest BCUT2D eigenvalue weighted by molar-refractivity contribution is 8.26. The summed E-state index contributed by atoms with van der Waals surface area (Å²) in [5, 5.41) is 0. The maximum absolute atomic E-state index is 13.8. The van der Waals surface area contributed by atoms with Crippen molar-refractivity contribution in [3.8, 4) is 0 Å². The van der Waals surface area contributed by atoms with Crippen LogP contribution in [0.15, 0.2) is 58.4 Å². The lowest BCUT2D eigenvalue weighted by atomic mass is 10.1. The van der Waals surface area contributed by atoms with E-state index in [0.717, 1.165) is 64.0 Å². The van der Waals surface area contributed by atoms with Gasteiger partial charge in [-0.15, -0.1) is 0 Å². The van der Waals surface area contributed by atoms with E-state index in [-0.39, 0.29) is 17.5 Å². The lowest BCUT2D eigenvalue weighted by Crippen LogP contribution is -2.47. The number of pyridine rings is 1. The molecule has 0 bridgehead atoms. The Morgan fingerprint density at radius 2 is 1.76 bits per heavy atom. The largest absolute Gasteiger partial charge is 0.353 e. The molecule has 3 aromatic rings. The Balaban J connectivity index is 1.34. The number of carbonyl (C=O) groups excluding carboxylic acids is 1. The highest BCUT2D eigenvalue weighted by atomic mass is 32.2. The van der Waals surface area contributed by atoms with E-state index >= 15 is 0 Å². The Kier molecular flexibility index (Phi) is 7.07. The Labute approximate surface area is 232 Å². The van der Waals surface area contributed by atoms with E-state index in [0.29, 0.717) is 26.3 Å². The first-order valence-electron chi connectivity index (χ1n) is 13.3. The SMILES string of the molecule is Cc1cccn2c(=O)c(C=C3SC(=S)N(C4CCCC4)C3=O)c(N3CCN(Cc4ccccc4)CC3)nc12. The molecule has 7 nitrogen and oxygen atoms in total. The standard InChI is InChI=1S/C29H31N5O2S2/c1-20-8-7-13-33-25(20)30-26(32-16-14-31(15-17-32)19-21-9-3-2-4-10-21)23(27(33)35)18-24-28(36)34(29(37)38-24)22-11-5-6-12-22/h2-4,7-10,13,18,22H,5-6,11-12,14-17,19H2,1H3. The van der Waals surface area contributed by atoms with Gasteiger partial charge in [0.25, 0.3) is 11.5 Å². The van der Waals surface area contributed by atoms with Crippen molar-refractivity contribution in [3.05, 3.63) is 80.6 Å². The van der Waals surface area contributed by atoms with Gasteiger partial charge in [-0.25, -0.2) is 4.98 Å². The number of benzene rings is 1. The van der Waals surface area contributed by atoms with Crippen LogP contribution in [0.5, 0.6) is 0 Å². The predicted molar refractivity (Wildman–Crippen MR) is 157 cm³/mol. The van der Waals surface area contributed by atoms with Crippen LogP contribution < -0.4 is 10.5 Å². The average molecular weight is 546 g/mol. The average Bonchev–Trinajstić information content (AvgIpc) is 3.54. The van der Waals surface area contributed by atoms with Crippen molar-refractivity contribution >= 4 is 51.7 Å². The molecule has 3 aliphatic rings. The van der Waals surface area contributed by atoms with Gasteiger partial charge in [-0.1, -0.05) is 73.2 Å². The van der Waals surface area contributed by atoms with Gasteiger partial charge in [-0.05, 0) is 43.0 Å². The number of thiocarbonyl (C=S) groups is 1. The number of fused-ring (bicyclic) bond motifs is 1. The molecule has 6 rings (SSSR count). The van der Waals surface area contributed by atoms with Gasteiger partial charge in [-0.3, -0.25) is 23.8 Å². The summed E-state index contributed by atoms with van der Waals surface area (Å²) in [6, 6.07) is 14.5. The number of thioether (sulfide) groups is 1. The van der Waals surface area contributed by atoms with Gasteiger partial charge in [0.1, 0.15) is 15.8 Å². The molecule has 0 spiro atoms. The van der Waals surface area contributed by atoms with Crippen molar-refractivity contribution in [3.63, 3.8) is 0 Å². The van der Waals surface area contributed by atoms with Crippen LogP contribution in [0, 0.1) is 6.92 Å². The molecule has 1 aliphatic carbocycles. The highest BCUT2D eigenvalue weighted by Crippen LogP contribution is 2.38. The molecule has 9 heteroatoms. The summed E-state index contributed by atoms with van der Waals surface area (Å²) >= 11 is 6.92. The molecular formula is C29H31N5O2S2. The summed E-state index contributed by atoms with van der Waals surface area (Å²) in [5.41, 5.74) is 3.18. The number of rotatable bonds is 5. The normalized spacial score (nSPS) is 20.4. The van der Waals surface area contributed by atoms with Crippen LogP contribution in [0.1, 0.15) is 42.4 Å². The number of aryl methyl sites for hydroxylation is 1. The van der Waals surface area contributed by atoms with E-state index < -0.39 is 0 Å². The molecule has 1 saturated carbocycles. The molecule has 2 aromatic heterocycles. The van der Waals surface area contributed by atoms with E-state index in [9.17, 15) is 9.59 Å². The lowest BCUT2D eigenvalue weighted by molar-refractivity contribution is -0.123. The fraction of sp³-hybridized carbons (Fsp3) is 0.379. The van der Waals surface area contributed by atoms with Gasteiger partial charge in [0.15, 0.2) is 0 Å². The molecule has 3 fully saturated rings. The zero-order chi connectivity index (χ0) is 26.2. The summed E-state index contributed by atoms with van der Waals surface area (Å²) in [6.45, 7) is 6.12. The van der Waals surface area contributed by atoms with Crippen LogP contribution in [0.3, 0.4) is 0 Å².